The van der Waals surface area contributed by atoms with Crippen molar-refractivity contribution in [3.05, 3.63) is 23.7 Å². The van der Waals surface area contributed by atoms with Gasteiger partial charge in [-0.15, -0.1) is 11.3 Å². The van der Waals surface area contributed by atoms with Crippen LogP contribution in [-0.2, 0) is 14.4 Å². The Morgan fingerprint density at radius 1 is 1.33 bits per heavy atom. The van der Waals surface area contributed by atoms with Gasteiger partial charge in [-0.2, -0.15) is 0 Å². The van der Waals surface area contributed by atoms with Gasteiger partial charge in [-0.3, -0.25) is 19.3 Å². The summed E-state index contributed by atoms with van der Waals surface area (Å²) in [7, 11) is 0. The molecule has 1 N–H and O–H groups in total. The zero-order valence-electron chi connectivity index (χ0n) is 11.5. The van der Waals surface area contributed by atoms with Crippen molar-refractivity contribution in [2.75, 3.05) is 5.32 Å². The Morgan fingerprint density at radius 3 is 2.48 bits per heavy atom. The number of likely N-dealkylation sites (tertiary alicyclic amines) is 1. The van der Waals surface area contributed by atoms with Crippen LogP contribution in [0.1, 0.15) is 19.8 Å². The van der Waals surface area contributed by atoms with Crippen molar-refractivity contribution in [2.45, 2.75) is 25.8 Å². The normalized spacial score (nSPS) is 25.9. The molecule has 21 heavy (non-hydrogen) atoms. The van der Waals surface area contributed by atoms with Crippen molar-refractivity contribution < 1.29 is 14.4 Å². The van der Waals surface area contributed by atoms with E-state index in [1.54, 1.807) is 18.5 Å². The van der Waals surface area contributed by atoms with Gasteiger partial charge in [0.1, 0.15) is 6.04 Å². The molecule has 0 radical (unpaired) electrons. The van der Waals surface area contributed by atoms with Crippen LogP contribution >= 0.6 is 11.3 Å². The fourth-order valence-electron chi connectivity index (χ4n) is 2.82. The van der Waals surface area contributed by atoms with Gasteiger partial charge in [-0.1, -0.05) is 12.2 Å². The van der Waals surface area contributed by atoms with Gasteiger partial charge in [0, 0.05) is 11.6 Å². The molecule has 0 spiro atoms. The lowest BCUT2D eigenvalue weighted by atomic mass is 9.85. The van der Waals surface area contributed by atoms with E-state index in [1.165, 1.54) is 11.3 Å². The van der Waals surface area contributed by atoms with Gasteiger partial charge in [0.25, 0.3) is 0 Å². The maximum Gasteiger partial charge on any atom is 0.249 e. The van der Waals surface area contributed by atoms with Crippen molar-refractivity contribution in [1.29, 1.82) is 0 Å². The molecule has 2 unspecified atom stereocenters. The van der Waals surface area contributed by atoms with E-state index in [4.69, 9.17) is 0 Å². The molecule has 1 aliphatic carbocycles. The van der Waals surface area contributed by atoms with Crippen molar-refractivity contribution >= 4 is 34.2 Å². The van der Waals surface area contributed by atoms with Crippen LogP contribution in [0, 0.1) is 11.8 Å². The highest BCUT2D eigenvalue weighted by atomic mass is 32.1. The number of nitrogens with zero attached hydrogens (tertiary/aromatic N) is 2. The number of hydrogen-bond donors (Lipinski definition) is 1. The Morgan fingerprint density at radius 2 is 1.95 bits per heavy atom. The zero-order chi connectivity index (χ0) is 15.0. The Bertz CT molecular complexity index is 585. The number of carbonyl (C=O) groups excluding carboxylic acids is 3. The molecule has 3 amide bonds. The molecule has 2 heterocycles. The van der Waals surface area contributed by atoms with Crippen LogP contribution in [0.25, 0.3) is 0 Å². The van der Waals surface area contributed by atoms with E-state index < -0.39 is 11.9 Å². The lowest BCUT2D eigenvalue weighted by molar-refractivity contribution is -0.146. The molecule has 1 fully saturated rings. The predicted octanol–water partition coefficient (Wildman–Crippen LogP) is 1.42. The molecule has 3 rings (SSSR count). The van der Waals surface area contributed by atoms with E-state index >= 15 is 0 Å². The first-order valence-corrected chi connectivity index (χ1v) is 7.70. The largest absolute Gasteiger partial charge is 0.300 e. The Balaban J connectivity index is 1.75. The Labute approximate surface area is 125 Å². The fraction of sp³-hybridized carbons (Fsp3) is 0.429. The molecule has 2 aliphatic rings. The lowest BCUT2D eigenvalue weighted by Gasteiger charge is -2.21. The summed E-state index contributed by atoms with van der Waals surface area (Å²) in [5.41, 5.74) is 0. The van der Waals surface area contributed by atoms with Gasteiger partial charge in [-0.25, -0.2) is 4.98 Å². The molecule has 110 valence electrons. The minimum absolute atomic E-state index is 0.240. The van der Waals surface area contributed by atoms with Crippen molar-refractivity contribution in [3.63, 3.8) is 0 Å². The highest BCUT2D eigenvalue weighted by Crippen LogP contribution is 2.36. The van der Waals surface area contributed by atoms with Crippen molar-refractivity contribution in [2.24, 2.45) is 11.8 Å². The summed E-state index contributed by atoms with van der Waals surface area (Å²) in [6.45, 7) is 1.57. The first-order valence-electron chi connectivity index (χ1n) is 6.82. The van der Waals surface area contributed by atoms with E-state index in [9.17, 15) is 14.4 Å². The minimum Gasteiger partial charge on any atom is -0.300 e. The molecule has 0 aromatic carbocycles. The number of amides is 3. The minimum atomic E-state index is -0.820. The molecule has 3 atom stereocenters. The van der Waals surface area contributed by atoms with Crippen molar-refractivity contribution in [3.8, 4) is 0 Å². The summed E-state index contributed by atoms with van der Waals surface area (Å²) in [5.74, 6) is -1.49. The van der Waals surface area contributed by atoms with Crippen molar-refractivity contribution in [1.82, 2.24) is 9.88 Å². The number of carbonyl (C=O) groups is 3. The summed E-state index contributed by atoms with van der Waals surface area (Å²) in [6.07, 6.45) is 6.59. The SMILES string of the molecule is C[C@@H](C(=O)Nc1nccs1)N1C(=O)C2CC=CCC2C1=O. The number of allylic oxidation sites excluding steroid dienone is 2. The first-order chi connectivity index (χ1) is 10.1. The molecule has 0 saturated carbocycles. The first kappa shape index (κ1) is 13.9. The number of thiazole rings is 1. The van der Waals surface area contributed by atoms with E-state index in [1.807, 2.05) is 12.2 Å². The molecular weight excluding hydrogens is 290 g/mol. The second kappa shape index (κ2) is 5.40. The van der Waals surface area contributed by atoms with Crippen LogP contribution < -0.4 is 5.32 Å². The standard InChI is InChI=1S/C14H15N3O3S/c1-8(11(18)16-14-15-6-7-21-14)17-12(19)9-4-2-3-5-10(9)13(17)20/h2-3,6-10H,4-5H2,1H3,(H,15,16,18)/t8-,9?,10?/m0/s1. The zero-order valence-corrected chi connectivity index (χ0v) is 12.3. The third-order valence-corrected chi connectivity index (χ3v) is 4.66. The number of aromatic nitrogens is 1. The average Bonchev–Trinajstić information content (AvgIpc) is 3.07. The number of imide groups is 1. The molecule has 7 heteroatoms. The highest BCUT2D eigenvalue weighted by molar-refractivity contribution is 7.13. The third kappa shape index (κ3) is 2.37. The number of rotatable bonds is 3. The number of anilines is 1. The maximum atomic E-state index is 12.4. The molecular formula is C14H15N3O3S. The van der Waals surface area contributed by atoms with Gasteiger partial charge >= 0.3 is 0 Å². The molecule has 1 aromatic heterocycles. The molecule has 1 aliphatic heterocycles. The second-order valence-electron chi connectivity index (χ2n) is 5.20. The summed E-state index contributed by atoms with van der Waals surface area (Å²) < 4.78 is 0. The number of nitrogens with one attached hydrogen (secondary N) is 1. The van der Waals surface area contributed by atoms with Crippen LogP contribution in [-0.4, -0.2) is 33.6 Å². The monoisotopic (exact) mass is 305 g/mol. The smallest absolute Gasteiger partial charge is 0.249 e. The van der Waals surface area contributed by atoms with Crippen LogP contribution in [0.15, 0.2) is 23.7 Å². The van der Waals surface area contributed by atoms with Crippen LogP contribution in [0.5, 0.6) is 0 Å². The average molecular weight is 305 g/mol. The molecule has 1 saturated heterocycles. The molecule has 6 nitrogen and oxygen atoms in total. The summed E-state index contributed by atoms with van der Waals surface area (Å²) in [4.78, 5) is 42.0. The van der Waals surface area contributed by atoms with Gasteiger partial charge < -0.3 is 5.32 Å². The predicted molar refractivity (Wildman–Crippen MR) is 77.4 cm³/mol. The van der Waals surface area contributed by atoms with Gasteiger partial charge in [0.15, 0.2) is 5.13 Å². The Kier molecular flexibility index (Phi) is 3.59. The van der Waals surface area contributed by atoms with Gasteiger partial charge in [0.05, 0.1) is 11.8 Å². The van der Waals surface area contributed by atoms with Gasteiger partial charge in [-0.05, 0) is 19.8 Å². The second-order valence-corrected chi connectivity index (χ2v) is 6.10. The van der Waals surface area contributed by atoms with Crippen LogP contribution in [0.2, 0.25) is 0 Å². The van der Waals surface area contributed by atoms with Crippen LogP contribution in [0.3, 0.4) is 0 Å². The van der Waals surface area contributed by atoms with Gasteiger partial charge in [0.2, 0.25) is 17.7 Å². The van der Waals surface area contributed by atoms with E-state index in [-0.39, 0.29) is 23.7 Å². The quantitative estimate of drug-likeness (QED) is 0.676. The topological polar surface area (TPSA) is 79.4 Å². The number of hydrogen-bond acceptors (Lipinski definition) is 5. The van der Waals surface area contributed by atoms with Crippen LogP contribution in [0.4, 0.5) is 5.13 Å². The van der Waals surface area contributed by atoms with E-state index in [0.717, 1.165) is 4.90 Å². The molecule has 0 bridgehead atoms. The summed E-state index contributed by atoms with van der Waals surface area (Å²) >= 11 is 1.29. The number of fused-ring (bicyclic) bond motifs is 1. The van der Waals surface area contributed by atoms with E-state index in [2.05, 4.69) is 10.3 Å². The molecule has 1 aromatic rings. The third-order valence-electron chi connectivity index (χ3n) is 3.97. The Hall–Kier alpha value is -2.02. The van der Waals surface area contributed by atoms with E-state index in [0.29, 0.717) is 18.0 Å². The summed E-state index contributed by atoms with van der Waals surface area (Å²) in [5, 5.41) is 4.83. The lowest BCUT2D eigenvalue weighted by Crippen LogP contribution is -2.46. The highest BCUT2D eigenvalue weighted by Gasteiger charge is 2.50. The fourth-order valence-corrected chi connectivity index (χ4v) is 3.35. The maximum absolute atomic E-state index is 12.4. The summed E-state index contributed by atoms with van der Waals surface area (Å²) in [6, 6.07) is -0.820.